The Balaban J connectivity index is 2.03. The molecular formula is C18H29N5O7. The number of nitrogens with one attached hydrogen (secondary N) is 2. The molecule has 6 N–H and O–H groups in total. The van der Waals surface area contributed by atoms with Gasteiger partial charge in [-0.25, -0.2) is 0 Å². The van der Waals surface area contributed by atoms with Gasteiger partial charge in [0.25, 0.3) is 0 Å². The number of carbonyl (C=O) groups is 5. The van der Waals surface area contributed by atoms with Crippen LogP contribution < -0.4 is 16.4 Å². The summed E-state index contributed by atoms with van der Waals surface area (Å²) >= 11 is 0. The zero-order chi connectivity index (χ0) is 22.4. The van der Waals surface area contributed by atoms with Crippen LogP contribution in [0.3, 0.4) is 0 Å². The van der Waals surface area contributed by atoms with Gasteiger partial charge < -0.3 is 36.4 Å². The van der Waals surface area contributed by atoms with Gasteiger partial charge in [0.15, 0.2) is 0 Å². The number of nitrogens with zero attached hydrogens (tertiary/aromatic N) is 2. The van der Waals surface area contributed by atoms with Crippen LogP contribution in [-0.2, 0) is 24.0 Å². The maximum absolute atomic E-state index is 12.9. The van der Waals surface area contributed by atoms with E-state index in [2.05, 4.69) is 10.6 Å². The molecule has 30 heavy (non-hydrogen) atoms. The second kappa shape index (κ2) is 10.3. The molecular weight excluding hydrogens is 398 g/mol. The van der Waals surface area contributed by atoms with E-state index in [4.69, 9.17) is 10.8 Å². The summed E-state index contributed by atoms with van der Waals surface area (Å²) in [5, 5.41) is 23.1. The number of carbonyl (C=O) groups excluding carboxylic acids is 4. The van der Waals surface area contributed by atoms with E-state index in [1.165, 1.54) is 16.7 Å². The highest BCUT2D eigenvalue weighted by Gasteiger charge is 2.40. The molecule has 0 unspecified atom stereocenters. The smallest absolute Gasteiger partial charge is 0.322 e. The lowest BCUT2D eigenvalue weighted by atomic mass is 10.1. The number of hydrogen-bond donors (Lipinski definition) is 5. The van der Waals surface area contributed by atoms with Crippen molar-refractivity contribution in [2.75, 3.05) is 26.2 Å². The first-order valence-corrected chi connectivity index (χ1v) is 9.94. The predicted octanol–water partition coefficient (Wildman–Crippen LogP) is -3.01. The number of carboxylic acid groups (broad SMARTS) is 1. The summed E-state index contributed by atoms with van der Waals surface area (Å²) in [5.41, 5.74) is 5.63. The number of amides is 4. The summed E-state index contributed by atoms with van der Waals surface area (Å²) in [4.78, 5) is 63.2. The van der Waals surface area contributed by atoms with Crippen LogP contribution in [0.4, 0.5) is 0 Å². The first-order valence-electron chi connectivity index (χ1n) is 9.94. The van der Waals surface area contributed by atoms with Gasteiger partial charge >= 0.3 is 5.97 Å². The zero-order valence-electron chi connectivity index (χ0n) is 16.9. The van der Waals surface area contributed by atoms with Crippen molar-refractivity contribution >= 4 is 29.6 Å². The van der Waals surface area contributed by atoms with Crippen molar-refractivity contribution in [2.45, 2.75) is 56.8 Å². The molecule has 2 fully saturated rings. The van der Waals surface area contributed by atoms with Crippen molar-refractivity contribution in [3.63, 3.8) is 0 Å². The summed E-state index contributed by atoms with van der Waals surface area (Å²) in [7, 11) is 0. The van der Waals surface area contributed by atoms with Crippen molar-refractivity contribution in [2.24, 2.45) is 5.73 Å². The van der Waals surface area contributed by atoms with Gasteiger partial charge in [-0.3, -0.25) is 24.0 Å². The molecule has 0 aliphatic carbocycles. The molecule has 4 atom stereocenters. The van der Waals surface area contributed by atoms with Gasteiger partial charge in [-0.05, 0) is 32.6 Å². The minimum Gasteiger partial charge on any atom is -0.480 e. The van der Waals surface area contributed by atoms with Crippen LogP contribution in [0, 0.1) is 0 Å². The third kappa shape index (κ3) is 5.45. The molecule has 0 bridgehead atoms. The largest absolute Gasteiger partial charge is 0.480 e. The third-order valence-corrected chi connectivity index (χ3v) is 5.28. The fourth-order valence-corrected chi connectivity index (χ4v) is 3.80. The number of carboxylic acids is 1. The maximum Gasteiger partial charge on any atom is 0.322 e. The number of aliphatic carboxylic acids is 1. The van der Waals surface area contributed by atoms with E-state index in [0.29, 0.717) is 32.2 Å². The number of aliphatic hydroxyl groups is 1. The fourth-order valence-electron chi connectivity index (χ4n) is 3.80. The van der Waals surface area contributed by atoms with Crippen LogP contribution in [0.1, 0.15) is 32.6 Å². The molecule has 2 saturated heterocycles. The Morgan fingerprint density at radius 1 is 1.00 bits per heavy atom. The minimum atomic E-state index is -1.28. The van der Waals surface area contributed by atoms with Crippen molar-refractivity contribution < 1.29 is 34.2 Å². The summed E-state index contributed by atoms with van der Waals surface area (Å²) < 4.78 is 0. The topological polar surface area (TPSA) is 182 Å². The predicted molar refractivity (Wildman–Crippen MR) is 103 cm³/mol. The van der Waals surface area contributed by atoms with E-state index >= 15 is 0 Å². The lowest BCUT2D eigenvalue weighted by Gasteiger charge is -2.30. The van der Waals surface area contributed by atoms with E-state index in [1.54, 1.807) is 0 Å². The van der Waals surface area contributed by atoms with Crippen molar-refractivity contribution in [1.29, 1.82) is 0 Å². The van der Waals surface area contributed by atoms with Gasteiger partial charge in [0.2, 0.25) is 23.6 Å². The number of hydrogen-bond acceptors (Lipinski definition) is 7. The molecule has 0 radical (unpaired) electrons. The molecule has 168 valence electrons. The van der Waals surface area contributed by atoms with Crippen LogP contribution in [0.25, 0.3) is 0 Å². The molecule has 12 nitrogen and oxygen atoms in total. The number of rotatable bonds is 8. The van der Waals surface area contributed by atoms with E-state index in [0.717, 1.165) is 0 Å². The minimum absolute atomic E-state index is 0.245. The molecule has 2 aliphatic heterocycles. The number of nitrogens with two attached hydrogens (primary N) is 1. The Kier molecular flexibility index (Phi) is 8.12. The van der Waals surface area contributed by atoms with Gasteiger partial charge in [0.1, 0.15) is 24.7 Å². The Labute approximate surface area is 173 Å². The lowest BCUT2D eigenvalue weighted by molar-refractivity contribution is -0.144. The van der Waals surface area contributed by atoms with Gasteiger partial charge in [-0.15, -0.1) is 0 Å². The van der Waals surface area contributed by atoms with E-state index in [1.807, 2.05) is 0 Å². The van der Waals surface area contributed by atoms with Crippen LogP contribution in [0.2, 0.25) is 0 Å². The lowest BCUT2D eigenvalue weighted by Crippen LogP contribution is -2.58. The van der Waals surface area contributed by atoms with Gasteiger partial charge in [0, 0.05) is 13.1 Å². The quantitative estimate of drug-likeness (QED) is 0.271. The Morgan fingerprint density at radius 3 is 2.03 bits per heavy atom. The van der Waals surface area contributed by atoms with Gasteiger partial charge in [-0.2, -0.15) is 0 Å². The maximum atomic E-state index is 12.9. The summed E-state index contributed by atoms with van der Waals surface area (Å²) in [6.07, 6.45) is 1.91. The van der Waals surface area contributed by atoms with E-state index < -0.39 is 61.0 Å². The van der Waals surface area contributed by atoms with Crippen molar-refractivity contribution in [3.8, 4) is 0 Å². The standard InChI is InChI=1S/C18H29N5O7/c1-10(19)17(29)22-6-3-5-13(22)16(28)21-11(9-24)18(30)23-7-2-4-12(23)15(27)20-8-14(25)26/h10-13,24H,2-9,19H2,1H3,(H,20,27)(H,21,28)(H,25,26)/t10-,11-,12-,13-/m0/s1. The highest BCUT2D eigenvalue weighted by molar-refractivity contribution is 5.95. The summed E-state index contributed by atoms with van der Waals surface area (Å²) in [5.74, 6) is -3.38. The first-order chi connectivity index (χ1) is 14.2. The summed E-state index contributed by atoms with van der Waals surface area (Å²) in [6, 6.07) is -3.69. The van der Waals surface area contributed by atoms with Crippen LogP contribution in [0.5, 0.6) is 0 Å². The molecule has 0 aromatic rings. The molecule has 4 amide bonds. The SMILES string of the molecule is C[C@H](N)C(=O)N1CCC[C@H]1C(=O)N[C@@H](CO)C(=O)N1CCC[C@H]1C(=O)NCC(=O)O. The zero-order valence-corrected chi connectivity index (χ0v) is 16.9. The highest BCUT2D eigenvalue weighted by atomic mass is 16.4. The molecule has 0 aromatic carbocycles. The average molecular weight is 427 g/mol. The Hall–Kier alpha value is -2.73. The Bertz CT molecular complexity index is 698. The molecule has 2 rings (SSSR count). The van der Waals surface area contributed by atoms with Gasteiger partial charge in [-0.1, -0.05) is 0 Å². The monoisotopic (exact) mass is 427 g/mol. The molecule has 0 spiro atoms. The van der Waals surface area contributed by atoms with Crippen molar-refractivity contribution in [1.82, 2.24) is 20.4 Å². The molecule has 12 heteroatoms. The van der Waals surface area contributed by atoms with Crippen LogP contribution in [0.15, 0.2) is 0 Å². The fraction of sp³-hybridized carbons (Fsp3) is 0.722. The Morgan fingerprint density at radius 2 is 1.53 bits per heavy atom. The molecule has 0 aromatic heterocycles. The van der Waals surface area contributed by atoms with Gasteiger partial charge in [0.05, 0.1) is 12.6 Å². The number of likely N-dealkylation sites (tertiary alicyclic amines) is 2. The first kappa shape index (κ1) is 23.5. The molecule has 2 aliphatic rings. The second-order valence-corrected chi connectivity index (χ2v) is 7.52. The normalized spacial score (nSPS) is 23.0. The third-order valence-electron chi connectivity index (χ3n) is 5.28. The van der Waals surface area contributed by atoms with E-state index in [-0.39, 0.29) is 12.5 Å². The van der Waals surface area contributed by atoms with Crippen molar-refractivity contribution in [3.05, 3.63) is 0 Å². The second-order valence-electron chi connectivity index (χ2n) is 7.52. The number of aliphatic hydroxyl groups excluding tert-OH is 1. The molecule has 2 heterocycles. The van der Waals surface area contributed by atoms with Crippen LogP contribution >= 0.6 is 0 Å². The molecule has 0 saturated carbocycles. The highest BCUT2D eigenvalue weighted by Crippen LogP contribution is 2.20. The summed E-state index contributed by atoms with van der Waals surface area (Å²) in [6.45, 7) is 0.906. The van der Waals surface area contributed by atoms with Crippen LogP contribution in [-0.4, -0.2) is 100 Å². The average Bonchev–Trinajstić information content (AvgIpc) is 3.38. The van der Waals surface area contributed by atoms with E-state index in [9.17, 15) is 29.1 Å².